The van der Waals surface area contributed by atoms with Gasteiger partial charge in [-0.25, -0.2) is 0 Å². The summed E-state index contributed by atoms with van der Waals surface area (Å²) in [6, 6.07) is 7.09. The third-order valence-corrected chi connectivity index (χ3v) is 3.41. The molecule has 1 aromatic carbocycles. The predicted octanol–water partition coefficient (Wildman–Crippen LogP) is 0.879. The van der Waals surface area contributed by atoms with E-state index in [-0.39, 0.29) is 30.8 Å². The van der Waals surface area contributed by atoms with Crippen molar-refractivity contribution in [1.29, 1.82) is 0 Å². The standard InChI is InChI=1S/C15H21N3O3/c16-14(19)7-9-21-13-5-3-12(4-6-13)18-15(20)11-2-1-8-17-10-11/h3-6,11,17H,1-2,7-10H2,(H2,16,19)(H,18,20). The number of carbonyl (C=O) groups excluding carboxylic acids is 2. The molecule has 1 aliphatic rings. The fraction of sp³-hybridized carbons (Fsp3) is 0.467. The maximum absolute atomic E-state index is 12.1. The smallest absolute Gasteiger partial charge is 0.228 e. The molecule has 1 unspecified atom stereocenters. The van der Waals surface area contributed by atoms with Gasteiger partial charge in [-0.05, 0) is 43.7 Å². The fourth-order valence-corrected chi connectivity index (χ4v) is 2.22. The Morgan fingerprint density at radius 2 is 2.10 bits per heavy atom. The molecule has 0 radical (unpaired) electrons. The number of carbonyl (C=O) groups is 2. The number of benzene rings is 1. The first kappa shape index (κ1) is 15.3. The van der Waals surface area contributed by atoms with E-state index in [1.54, 1.807) is 24.3 Å². The molecule has 4 N–H and O–H groups in total. The van der Waals surface area contributed by atoms with Crippen LogP contribution in [0.2, 0.25) is 0 Å². The number of anilines is 1. The van der Waals surface area contributed by atoms with Crippen molar-refractivity contribution in [2.75, 3.05) is 25.0 Å². The van der Waals surface area contributed by atoms with Gasteiger partial charge < -0.3 is 21.1 Å². The Morgan fingerprint density at radius 1 is 1.33 bits per heavy atom. The zero-order chi connectivity index (χ0) is 15.1. The summed E-state index contributed by atoms with van der Waals surface area (Å²) >= 11 is 0. The van der Waals surface area contributed by atoms with E-state index >= 15 is 0 Å². The number of amides is 2. The number of nitrogens with two attached hydrogens (primary N) is 1. The number of piperidine rings is 1. The summed E-state index contributed by atoms with van der Waals surface area (Å²) in [5.41, 5.74) is 5.78. The number of hydrogen-bond acceptors (Lipinski definition) is 4. The van der Waals surface area contributed by atoms with Crippen molar-refractivity contribution in [3.63, 3.8) is 0 Å². The van der Waals surface area contributed by atoms with E-state index in [4.69, 9.17) is 10.5 Å². The molecule has 1 fully saturated rings. The van der Waals surface area contributed by atoms with Crippen molar-refractivity contribution in [3.8, 4) is 5.75 Å². The highest BCUT2D eigenvalue weighted by Crippen LogP contribution is 2.18. The van der Waals surface area contributed by atoms with Crippen LogP contribution in [0.5, 0.6) is 5.75 Å². The molecule has 1 aromatic rings. The molecule has 0 aromatic heterocycles. The average Bonchev–Trinajstić information content (AvgIpc) is 2.49. The summed E-state index contributed by atoms with van der Waals surface area (Å²) in [5, 5.41) is 6.13. The van der Waals surface area contributed by atoms with Crippen LogP contribution in [0.15, 0.2) is 24.3 Å². The Labute approximate surface area is 124 Å². The van der Waals surface area contributed by atoms with E-state index in [1.807, 2.05) is 0 Å². The Hall–Kier alpha value is -2.08. The molecule has 0 spiro atoms. The highest BCUT2D eigenvalue weighted by molar-refractivity contribution is 5.92. The van der Waals surface area contributed by atoms with Crippen molar-refractivity contribution in [2.45, 2.75) is 19.3 Å². The lowest BCUT2D eigenvalue weighted by molar-refractivity contribution is -0.120. The monoisotopic (exact) mass is 291 g/mol. The Kier molecular flexibility index (Phi) is 5.57. The van der Waals surface area contributed by atoms with E-state index in [1.165, 1.54) is 0 Å². The first-order valence-corrected chi connectivity index (χ1v) is 7.18. The van der Waals surface area contributed by atoms with E-state index in [0.717, 1.165) is 31.6 Å². The zero-order valence-electron chi connectivity index (χ0n) is 11.9. The number of rotatable bonds is 6. The number of hydrogen-bond donors (Lipinski definition) is 3. The molecule has 6 heteroatoms. The van der Waals surface area contributed by atoms with Gasteiger partial charge in [0.25, 0.3) is 0 Å². The maximum atomic E-state index is 12.1. The van der Waals surface area contributed by atoms with E-state index in [9.17, 15) is 9.59 Å². The summed E-state index contributed by atoms with van der Waals surface area (Å²) < 4.78 is 5.37. The van der Waals surface area contributed by atoms with Crippen LogP contribution in [0.4, 0.5) is 5.69 Å². The lowest BCUT2D eigenvalue weighted by atomic mass is 9.99. The maximum Gasteiger partial charge on any atom is 0.228 e. The normalized spacial score (nSPS) is 18.0. The lowest BCUT2D eigenvalue weighted by Crippen LogP contribution is -2.37. The van der Waals surface area contributed by atoms with Crippen molar-refractivity contribution in [3.05, 3.63) is 24.3 Å². The van der Waals surface area contributed by atoms with Crippen LogP contribution in [0, 0.1) is 5.92 Å². The van der Waals surface area contributed by atoms with Crippen LogP contribution < -0.4 is 21.1 Å². The van der Waals surface area contributed by atoms with Crippen LogP contribution in [0.25, 0.3) is 0 Å². The molecule has 2 amide bonds. The highest BCUT2D eigenvalue weighted by Gasteiger charge is 2.20. The molecule has 6 nitrogen and oxygen atoms in total. The van der Waals surface area contributed by atoms with E-state index < -0.39 is 0 Å². The van der Waals surface area contributed by atoms with Gasteiger partial charge in [0.05, 0.1) is 18.9 Å². The van der Waals surface area contributed by atoms with Crippen molar-refractivity contribution >= 4 is 17.5 Å². The average molecular weight is 291 g/mol. The lowest BCUT2D eigenvalue weighted by Gasteiger charge is -2.21. The fourth-order valence-electron chi connectivity index (χ4n) is 2.22. The van der Waals surface area contributed by atoms with Crippen LogP contribution in [0.1, 0.15) is 19.3 Å². The molecule has 0 saturated carbocycles. The first-order chi connectivity index (χ1) is 10.1. The molecule has 1 atom stereocenters. The number of nitrogens with one attached hydrogen (secondary N) is 2. The van der Waals surface area contributed by atoms with Crippen LogP contribution in [-0.4, -0.2) is 31.5 Å². The second-order valence-corrected chi connectivity index (χ2v) is 5.12. The van der Waals surface area contributed by atoms with Gasteiger partial charge in [-0.2, -0.15) is 0 Å². The second kappa shape index (κ2) is 7.64. The summed E-state index contributed by atoms with van der Waals surface area (Å²) in [6.45, 7) is 1.98. The highest BCUT2D eigenvalue weighted by atomic mass is 16.5. The van der Waals surface area contributed by atoms with Crippen molar-refractivity contribution in [1.82, 2.24) is 5.32 Å². The quantitative estimate of drug-likeness (QED) is 0.725. The van der Waals surface area contributed by atoms with Crippen molar-refractivity contribution in [2.24, 2.45) is 11.7 Å². The zero-order valence-corrected chi connectivity index (χ0v) is 11.9. The molecule has 1 saturated heterocycles. The van der Waals surface area contributed by atoms with E-state index in [2.05, 4.69) is 10.6 Å². The minimum absolute atomic E-state index is 0.0326. The van der Waals surface area contributed by atoms with Crippen LogP contribution in [-0.2, 0) is 9.59 Å². The molecular formula is C15H21N3O3. The van der Waals surface area contributed by atoms with Crippen molar-refractivity contribution < 1.29 is 14.3 Å². The van der Waals surface area contributed by atoms with Gasteiger partial charge in [-0.3, -0.25) is 9.59 Å². The molecule has 21 heavy (non-hydrogen) atoms. The molecule has 2 rings (SSSR count). The number of primary amides is 1. The summed E-state index contributed by atoms with van der Waals surface area (Å²) in [5.74, 6) is 0.336. The van der Waals surface area contributed by atoms with Gasteiger partial charge in [-0.15, -0.1) is 0 Å². The molecule has 0 bridgehead atoms. The third-order valence-electron chi connectivity index (χ3n) is 3.41. The molecule has 114 valence electrons. The first-order valence-electron chi connectivity index (χ1n) is 7.18. The van der Waals surface area contributed by atoms with Gasteiger partial charge in [0.2, 0.25) is 11.8 Å². The second-order valence-electron chi connectivity index (χ2n) is 5.12. The number of ether oxygens (including phenoxy) is 1. The van der Waals surface area contributed by atoms with Gasteiger partial charge in [0.1, 0.15) is 5.75 Å². The minimum atomic E-state index is -0.389. The van der Waals surface area contributed by atoms with Crippen LogP contribution >= 0.6 is 0 Å². The summed E-state index contributed by atoms with van der Waals surface area (Å²) in [6.07, 6.45) is 2.14. The molecule has 1 aliphatic heterocycles. The van der Waals surface area contributed by atoms with Gasteiger partial charge in [0, 0.05) is 12.2 Å². The molecule has 1 heterocycles. The Morgan fingerprint density at radius 3 is 2.71 bits per heavy atom. The predicted molar refractivity (Wildman–Crippen MR) is 80.0 cm³/mol. The van der Waals surface area contributed by atoms with Gasteiger partial charge in [0.15, 0.2) is 0 Å². The topological polar surface area (TPSA) is 93.5 Å². The Balaban J connectivity index is 1.81. The molecule has 0 aliphatic carbocycles. The largest absolute Gasteiger partial charge is 0.493 e. The Bertz CT molecular complexity index is 481. The summed E-state index contributed by atoms with van der Waals surface area (Å²) in [7, 11) is 0. The van der Waals surface area contributed by atoms with E-state index in [0.29, 0.717) is 5.75 Å². The van der Waals surface area contributed by atoms with Gasteiger partial charge >= 0.3 is 0 Å². The summed E-state index contributed by atoms with van der Waals surface area (Å²) in [4.78, 5) is 22.7. The molecular weight excluding hydrogens is 270 g/mol. The van der Waals surface area contributed by atoms with Crippen LogP contribution in [0.3, 0.4) is 0 Å². The van der Waals surface area contributed by atoms with Gasteiger partial charge in [-0.1, -0.05) is 0 Å². The SMILES string of the molecule is NC(=O)CCOc1ccc(NC(=O)C2CCCNC2)cc1. The minimum Gasteiger partial charge on any atom is -0.493 e. The third kappa shape index (κ3) is 5.07.